The summed E-state index contributed by atoms with van der Waals surface area (Å²) in [4.78, 5) is 24.8. The lowest BCUT2D eigenvalue weighted by Gasteiger charge is -2.28. The van der Waals surface area contributed by atoms with Gasteiger partial charge in [0.15, 0.2) is 0 Å². The molecule has 10 heteroatoms. The maximum Gasteiger partial charge on any atom is 0.522 e. The molecule has 3 rings (SSSR count). The smallest absolute Gasteiger partial charge is 0.462 e. The number of anilines is 2. The Morgan fingerprint density at radius 2 is 1.62 bits per heavy atom. The van der Waals surface area contributed by atoms with E-state index in [1.165, 1.54) is 6.08 Å². The molecular formula is C29H35F3N2O5. The Kier molecular flexibility index (Phi) is 10.8. The Balaban J connectivity index is 1.48. The highest BCUT2D eigenvalue weighted by molar-refractivity contribution is 5.90. The quantitative estimate of drug-likeness (QED) is 0.190. The van der Waals surface area contributed by atoms with Crippen molar-refractivity contribution >= 4 is 29.4 Å². The SMILES string of the molecule is CCCCC(COC(=O)C=Cc1ccc(C(=O)OC2CCC(OC(F)(F)F)CC2)cc1)c1cc(N)cc(N)c1. The minimum atomic E-state index is -4.66. The number of nitrogen functional groups attached to an aromatic ring is 2. The maximum absolute atomic E-state index is 12.4. The number of ether oxygens (including phenoxy) is 3. The summed E-state index contributed by atoms with van der Waals surface area (Å²) in [5.41, 5.74) is 14.9. The Morgan fingerprint density at radius 3 is 2.21 bits per heavy atom. The molecule has 0 saturated heterocycles. The molecule has 0 bridgehead atoms. The van der Waals surface area contributed by atoms with Crippen LogP contribution in [0.1, 0.15) is 79.3 Å². The van der Waals surface area contributed by atoms with E-state index in [-0.39, 0.29) is 25.4 Å². The fourth-order valence-electron chi connectivity index (χ4n) is 4.54. The van der Waals surface area contributed by atoms with E-state index in [9.17, 15) is 22.8 Å². The molecule has 39 heavy (non-hydrogen) atoms. The lowest BCUT2D eigenvalue weighted by atomic mass is 9.93. The zero-order valence-corrected chi connectivity index (χ0v) is 21.9. The number of rotatable bonds is 11. The van der Waals surface area contributed by atoms with E-state index in [1.54, 1.807) is 36.4 Å². The molecule has 1 saturated carbocycles. The number of alkyl halides is 3. The molecule has 7 nitrogen and oxygen atoms in total. The van der Waals surface area contributed by atoms with Gasteiger partial charge in [-0.2, -0.15) is 0 Å². The lowest BCUT2D eigenvalue weighted by Crippen LogP contribution is -2.31. The van der Waals surface area contributed by atoms with Crippen LogP contribution >= 0.6 is 0 Å². The van der Waals surface area contributed by atoms with Crippen molar-refractivity contribution in [2.24, 2.45) is 0 Å². The number of halogens is 3. The second-order valence-corrected chi connectivity index (χ2v) is 9.73. The van der Waals surface area contributed by atoms with Crippen LogP contribution in [0.3, 0.4) is 0 Å². The van der Waals surface area contributed by atoms with Gasteiger partial charge < -0.3 is 20.9 Å². The number of carbonyl (C=O) groups is 2. The van der Waals surface area contributed by atoms with Crippen LogP contribution in [-0.2, 0) is 19.0 Å². The van der Waals surface area contributed by atoms with Crippen LogP contribution in [0.2, 0.25) is 0 Å². The summed E-state index contributed by atoms with van der Waals surface area (Å²) in [6.45, 7) is 2.29. The summed E-state index contributed by atoms with van der Waals surface area (Å²) in [6.07, 6.45) is 0.632. The number of unbranched alkanes of at least 4 members (excludes halogenated alkanes) is 1. The van der Waals surface area contributed by atoms with Gasteiger partial charge in [0.25, 0.3) is 0 Å². The maximum atomic E-state index is 12.4. The molecule has 0 amide bonds. The van der Waals surface area contributed by atoms with Crippen LogP contribution < -0.4 is 11.5 Å². The van der Waals surface area contributed by atoms with Crippen LogP contribution in [0.5, 0.6) is 0 Å². The Labute approximate surface area is 226 Å². The summed E-state index contributed by atoms with van der Waals surface area (Å²) in [6, 6.07) is 11.8. The Morgan fingerprint density at radius 1 is 1.00 bits per heavy atom. The number of carbonyl (C=O) groups excluding carboxylic acids is 2. The van der Waals surface area contributed by atoms with Crippen LogP contribution in [0, 0.1) is 0 Å². The first-order chi connectivity index (χ1) is 18.5. The average molecular weight is 549 g/mol. The molecule has 0 aromatic heterocycles. The van der Waals surface area contributed by atoms with Gasteiger partial charge in [0.05, 0.1) is 18.3 Å². The molecule has 0 aliphatic heterocycles. The van der Waals surface area contributed by atoms with Gasteiger partial charge in [-0.3, -0.25) is 4.74 Å². The lowest BCUT2D eigenvalue weighted by molar-refractivity contribution is -0.346. The van der Waals surface area contributed by atoms with Crippen LogP contribution in [0.4, 0.5) is 24.5 Å². The van der Waals surface area contributed by atoms with Gasteiger partial charge >= 0.3 is 18.3 Å². The van der Waals surface area contributed by atoms with Crippen LogP contribution in [-0.4, -0.2) is 37.1 Å². The second-order valence-electron chi connectivity index (χ2n) is 9.73. The van der Waals surface area contributed by atoms with Crippen LogP contribution in [0.15, 0.2) is 48.5 Å². The van der Waals surface area contributed by atoms with Crippen LogP contribution in [0.25, 0.3) is 6.08 Å². The van der Waals surface area contributed by atoms with E-state index in [0.717, 1.165) is 24.8 Å². The molecule has 0 radical (unpaired) electrons. The summed E-state index contributed by atoms with van der Waals surface area (Å²) < 4.78 is 52.0. The third kappa shape index (κ3) is 10.3. The van der Waals surface area contributed by atoms with Crippen molar-refractivity contribution in [1.82, 2.24) is 0 Å². The largest absolute Gasteiger partial charge is 0.522 e. The van der Waals surface area contributed by atoms with E-state index >= 15 is 0 Å². The van der Waals surface area contributed by atoms with E-state index in [4.69, 9.17) is 20.9 Å². The zero-order chi connectivity index (χ0) is 28.4. The Bertz CT molecular complexity index is 1110. The molecule has 0 heterocycles. The summed E-state index contributed by atoms with van der Waals surface area (Å²) >= 11 is 0. The highest BCUT2D eigenvalue weighted by Crippen LogP contribution is 2.30. The second kappa shape index (κ2) is 14.0. The predicted octanol–water partition coefficient (Wildman–Crippen LogP) is 6.39. The molecule has 1 aliphatic rings. The van der Waals surface area contributed by atoms with Gasteiger partial charge in [-0.25, -0.2) is 9.59 Å². The number of esters is 2. The number of hydrogen-bond donors (Lipinski definition) is 2. The van der Waals surface area contributed by atoms with Crippen molar-refractivity contribution in [3.63, 3.8) is 0 Å². The minimum Gasteiger partial charge on any atom is -0.462 e. The van der Waals surface area contributed by atoms with Gasteiger partial charge in [-0.15, -0.1) is 13.2 Å². The molecule has 0 spiro atoms. The van der Waals surface area contributed by atoms with Gasteiger partial charge in [-0.1, -0.05) is 31.9 Å². The van der Waals surface area contributed by atoms with Crippen molar-refractivity contribution in [3.05, 3.63) is 65.2 Å². The highest BCUT2D eigenvalue weighted by atomic mass is 19.4. The molecular weight excluding hydrogens is 513 g/mol. The molecule has 4 N–H and O–H groups in total. The third-order valence-electron chi connectivity index (χ3n) is 6.56. The van der Waals surface area contributed by atoms with E-state index in [1.807, 2.05) is 12.1 Å². The Hall–Kier alpha value is -3.53. The molecule has 1 aliphatic carbocycles. The summed E-state index contributed by atoms with van der Waals surface area (Å²) in [7, 11) is 0. The first kappa shape index (κ1) is 30.0. The van der Waals surface area contributed by atoms with E-state index in [0.29, 0.717) is 35.3 Å². The van der Waals surface area contributed by atoms with E-state index < -0.39 is 30.5 Å². The number of nitrogens with two attached hydrogens (primary N) is 2. The number of hydrogen-bond acceptors (Lipinski definition) is 7. The van der Waals surface area contributed by atoms with Gasteiger partial charge in [0.2, 0.25) is 0 Å². The summed E-state index contributed by atoms with van der Waals surface area (Å²) in [5, 5.41) is 0. The van der Waals surface area contributed by atoms with Gasteiger partial charge in [-0.05, 0) is 79.6 Å². The predicted molar refractivity (Wildman–Crippen MR) is 143 cm³/mol. The first-order valence-corrected chi connectivity index (χ1v) is 13.1. The fourth-order valence-corrected chi connectivity index (χ4v) is 4.54. The zero-order valence-electron chi connectivity index (χ0n) is 21.9. The highest BCUT2D eigenvalue weighted by Gasteiger charge is 2.36. The standard InChI is InChI=1S/C29H35F3N2O5/c1-2-3-4-21(22-15-23(33)17-24(34)16-22)18-37-27(35)14-7-19-5-8-20(9-6-19)28(36)38-25-10-12-26(13-11-25)39-29(30,31)32/h5-9,14-17,21,25-26H,2-4,10-13,18,33-34H2,1H3. The topological polar surface area (TPSA) is 114 Å². The van der Waals surface area contributed by atoms with Gasteiger partial charge in [0.1, 0.15) is 6.10 Å². The molecule has 2 aromatic carbocycles. The van der Waals surface area contributed by atoms with Crippen molar-refractivity contribution in [1.29, 1.82) is 0 Å². The number of benzene rings is 2. The fraction of sp³-hybridized carbons (Fsp3) is 0.448. The molecule has 1 atom stereocenters. The van der Waals surface area contributed by atoms with Crippen molar-refractivity contribution in [3.8, 4) is 0 Å². The molecule has 1 unspecified atom stereocenters. The molecule has 2 aromatic rings. The first-order valence-electron chi connectivity index (χ1n) is 13.1. The average Bonchev–Trinajstić information content (AvgIpc) is 2.87. The normalized spacial score (nSPS) is 18.6. The van der Waals surface area contributed by atoms with Crippen molar-refractivity contribution in [2.45, 2.75) is 76.4 Å². The van der Waals surface area contributed by atoms with Gasteiger partial charge in [0, 0.05) is 23.4 Å². The summed E-state index contributed by atoms with van der Waals surface area (Å²) in [5.74, 6) is -1.07. The van der Waals surface area contributed by atoms with Crippen molar-refractivity contribution in [2.75, 3.05) is 18.1 Å². The molecule has 1 fully saturated rings. The van der Waals surface area contributed by atoms with Crippen molar-refractivity contribution < 1.29 is 37.0 Å². The minimum absolute atomic E-state index is 0.0226. The van der Waals surface area contributed by atoms with E-state index in [2.05, 4.69) is 11.7 Å². The third-order valence-corrected chi connectivity index (χ3v) is 6.56. The monoisotopic (exact) mass is 548 g/mol. The molecule has 212 valence electrons.